The van der Waals surface area contributed by atoms with Gasteiger partial charge in [-0.25, -0.2) is 4.57 Å². The number of hydrogen-bond donors (Lipinski definition) is 3. The van der Waals surface area contributed by atoms with Gasteiger partial charge in [-0.15, -0.1) is 0 Å². The molecule has 0 aliphatic rings. The lowest BCUT2D eigenvalue weighted by Gasteiger charge is -2.20. The average Bonchev–Trinajstić information content (AvgIpc) is 3.19. The van der Waals surface area contributed by atoms with Gasteiger partial charge in [0.25, 0.3) is 0 Å². The SMILES string of the molecule is CC/C=C\C/C=C\C/C=C\C/C=C\CCCCCOCC(COP(=O)(O)OCC(N)C(=O)O)OC(=O)CCCCCCCC/C=C\C/C=C\C/C=C\CCCCC. The summed E-state index contributed by atoms with van der Waals surface area (Å²) in [7, 11) is -4.63. The first-order valence-electron chi connectivity index (χ1n) is 21.6. The number of esters is 1. The first kappa shape index (κ1) is 54.2. The maximum atomic E-state index is 12.6. The fraction of sp³-hybridized carbons (Fsp3) is 0.652. The molecule has 0 saturated carbocycles. The molecule has 0 radical (unpaired) electrons. The van der Waals surface area contributed by atoms with Crippen molar-refractivity contribution in [2.45, 2.75) is 167 Å². The van der Waals surface area contributed by atoms with Crippen molar-refractivity contribution in [3.63, 3.8) is 0 Å². The van der Waals surface area contributed by atoms with Gasteiger partial charge in [0, 0.05) is 13.0 Å². The zero-order valence-electron chi connectivity index (χ0n) is 35.4. The molecule has 0 aliphatic carbocycles. The van der Waals surface area contributed by atoms with Crippen LogP contribution in [-0.4, -0.2) is 60.5 Å². The van der Waals surface area contributed by atoms with E-state index in [0.29, 0.717) is 13.0 Å². The number of carbonyl (C=O) groups excluding carboxylic acids is 1. The number of aliphatic carboxylic acids is 1. The Morgan fingerprint density at radius 2 is 1.02 bits per heavy atom. The summed E-state index contributed by atoms with van der Waals surface area (Å²) in [6, 6.07) is -1.49. The van der Waals surface area contributed by atoms with Crippen LogP contribution in [0, 0.1) is 0 Å². The molecule has 326 valence electrons. The van der Waals surface area contributed by atoms with Gasteiger partial charge in [0.05, 0.1) is 19.8 Å². The minimum Gasteiger partial charge on any atom is -0.480 e. The lowest BCUT2D eigenvalue weighted by molar-refractivity contribution is -0.154. The monoisotopic (exact) mass is 820 g/mol. The molecule has 10 nitrogen and oxygen atoms in total. The maximum Gasteiger partial charge on any atom is 0.472 e. The molecule has 0 amide bonds. The molecule has 0 aliphatic heterocycles. The van der Waals surface area contributed by atoms with Gasteiger partial charge < -0.3 is 25.2 Å². The number of carbonyl (C=O) groups is 2. The molecule has 4 N–H and O–H groups in total. The van der Waals surface area contributed by atoms with Crippen molar-refractivity contribution in [1.82, 2.24) is 0 Å². The summed E-state index contributed by atoms with van der Waals surface area (Å²) < 4.78 is 33.3. The van der Waals surface area contributed by atoms with Crippen molar-refractivity contribution in [3.05, 3.63) is 85.1 Å². The molecule has 0 rings (SSSR count). The molecular formula is C46H78NO9P. The summed E-state index contributed by atoms with van der Waals surface area (Å²) in [5.41, 5.74) is 5.35. The second-order valence-electron chi connectivity index (χ2n) is 14.1. The summed E-state index contributed by atoms with van der Waals surface area (Å²) in [4.78, 5) is 33.5. The van der Waals surface area contributed by atoms with Crippen LogP contribution >= 0.6 is 7.82 Å². The lowest BCUT2D eigenvalue weighted by atomic mass is 10.1. The van der Waals surface area contributed by atoms with Gasteiger partial charge >= 0.3 is 19.8 Å². The summed E-state index contributed by atoms with van der Waals surface area (Å²) in [6.45, 7) is 3.62. The topological polar surface area (TPSA) is 155 Å². The van der Waals surface area contributed by atoms with E-state index >= 15 is 0 Å². The molecule has 0 saturated heterocycles. The minimum atomic E-state index is -4.63. The highest BCUT2D eigenvalue weighted by molar-refractivity contribution is 7.47. The van der Waals surface area contributed by atoms with Crippen molar-refractivity contribution in [2.75, 3.05) is 26.4 Å². The summed E-state index contributed by atoms with van der Waals surface area (Å²) in [6.07, 6.45) is 52.0. The Bertz CT molecular complexity index is 1220. The van der Waals surface area contributed by atoms with Crippen molar-refractivity contribution < 1.29 is 42.7 Å². The zero-order valence-corrected chi connectivity index (χ0v) is 36.3. The van der Waals surface area contributed by atoms with Gasteiger partial charge in [-0.1, -0.05) is 144 Å². The predicted molar refractivity (Wildman–Crippen MR) is 235 cm³/mol. The van der Waals surface area contributed by atoms with Crippen molar-refractivity contribution in [1.29, 1.82) is 0 Å². The van der Waals surface area contributed by atoms with E-state index in [1.54, 1.807) is 0 Å². The number of rotatable bonds is 40. The molecule has 0 heterocycles. The summed E-state index contributed by atoms with van der Waals surface area (Å²) in [5, 5.41) is 8.89. The van der Waals surface area contributed by atoms with Crippen molar-refractivity contribution >= 4 is 19.8 Å². The summed E-state index contributed by atoms with van der Waals surface area (Å²) >= 11 is 0. The van der Waals surface area contributed by atoms with E-state index in [1.807, 2.05) is 0 Å². The van der Waals surface area contributed by atoms with Crippen LogP contribution in [0.25, 0.3) is 0 Å². The van der Waals surface area contributed by atoms with Crippen LogP contribution in [0.3, 0.4) is 0 Å². The van der Waals surface area contributed by atoms with Crippen LogP contribution < -0.4 is 5.73 Å². The Hall–Kier alpha value is -2.85. The number of phosphoric acid groups is 1. The van der Waals surface area contributed by atoms with Gasteiger partial charge in [-0.3, -0.25) is 18.6 Å². The highest BCUT2D eigenvalue weighted by Gasteiger charge is 2.27. The standard InChI is InChI=1S/C46H78NO9P/c1-3-5-7-9-11-13-15-17-19-21-22-23-24-26-28-30-32-34-36-38-45(48)56-43(41-54-57(51,52)55-42-44(47)46(49)50)40-53-39-37-35-33-31-29-27-25-20-18-16-14-12-10-8-6-4-2/h6,8,11-14,17-20,22-23,27,29,43-44H,3-5,7,9-10,15-16,21,24-26,28,30-42,47H2,1-2H3,(H,49,50)(H,51,52)/b8-6-,13-11-,14-12-,19-17-,20-18-,23-22-,29-27-. The van der Waals surface area contributed by atoms with Crippen LogP contribution in [0.2, 0.25) is 0 Å². The molecule has 11 heteroatoms. The minimum absolute atomic E-state index is 0.0154. The number of carboxylic acids is 1. The molecule has 0 fully saturated rings. The van der Waals surface area contributed by atoms with Crippen molar-refractivity contribution in [2.24, 2.45) is 5.73 Å². The number of allylic oxidation sites excluding steroid dienone is 14. The van der Waals surface area contributed by atoms with Gasteiger partial charge in [0.1, 0.15) is 12.1 Å². The van der Waals surface area contributed by atoms with Crippen LogP contribution in [-0.2, 0) is 32.7 Å². The predicted octanol–water partition coefficient (Wildman–Crippen LogP) is 12.0. The third-order valence-corrected chi connectivity index (χ3v) is 9.61. The first-order chi connectivity index (χ1) is 27.7. The highest BCUT2D eigenvalue weighted by atomic mass is 31.2. The van der Waals surface area contributed by atoms with E-state index in [0.717, 1.165) is 103 Å². The fourth-order valence-electron chi connectivity index (χ4n) is 5.31. The molecule has 0 spiro atoms. The Morgan fingerprint density at radius 3 is 1.53 bits per heavy atom. The maximum absolute atomic E-state index is 12.6. The van der Waals surface area contributed by atoms with E-state index in [-0.39, 0.29) is 13.0 Å². The first-order valence-corrected chi connectivity index (χ1v) is 23.1. The zero-order chi connectivity index (χ0) is 41.9. The van der Waals surface area contributed by atoms with Gasteiger partial charge in [-0.2, -0.15) is 0 Å². The summed E-state index contributed by atoms with van der Waals surface area (Å²) in [5.74, 6) is -1.81. The van der Waals surface area contributed by atoms with Crippen LogP contribution in [0.5, 0.6) is 0 Å². The third kappa shape index (κ3) is 41.1. The second kappa shape index (κ2) is 41.3. The Morgan fingerprint density at radius 1 is 0.579 bits per heavy atom. The largest absolute Gasteiger partial charge is 0.480 e. The number of nitrogens with two attached hydrogens (primary N) is 1. The van der Waals surface area contributed by atoms with Gasteiger partial charge in [0.2, 0.25) is 0 Å². The quantitative estimate of drug-likeness (QED) is 0.0235. The normalized spacial score (nSPS) is 14.7. The van der Waals surface area contributed by atoms with Gasteiger partial charge in [-0.05, 0) is 89.9 Å². The second-order valence-corrected chi connectivity index (χ2v) is 15.5. The van der Waals surface area contributed by atoms with Crippen LogP contribution in [0.15, 0.2) is 85.1 Å². The van der Waals surface area contributed by atoms with Crippen LogP contribution in [0.4, 0.5) is 0 Å². The molecule has 3 unspecified atom stereocenters. The van der Waals surface area contributed by atoms with E-state index in [2.05, 4.69) is 98.9 Å². The molecule has 0 aromatic heterocycles. The van der Waals surface area contributed by atoms with Crippen LogP contribution in [0.1, 0.15) is 155 Å². The Balaban J connectivity index is 4.35. The molecule has 0 bridgehead atoms. The number of hydrogen-bond acceptors (Lipinski definition) is 8. The molecule has 3 atom stereocenters. The smallest absolute Gasteiger partial charge is 0.472 e. The molecule has 0 aromatic rings. The van der Waals surface area contributed by atoms with E-state index in [9.17, 15) is 19.0 Å². The van der Waals surface area contributed by atoms with Gasteiger partial charge in [0.15, 0.2) is 0 Å². The van der Waals surface area contributed by atoms with E-state index in [1.165, 1.54) is 25.7 Å². The van der Waals surface area contributed by atoms with E-state index in [4.69, 9.17) is 29.4 Å². The number of phosphoric ester groups is 1. The molecule has 57 heavy (non-hydrogen) atoms. The molecular weight excluding hydrogens is 741 g/mol. The van der Waals surface area contributed by atoms with E-state index < -0.39 is 45.1 Å². The number of carboxylic acid groups (broad SMARTS) is 1. The fourth-order valence-corrected chi connectivity index (χ4v) is 6.08. The average molecular weight is 820 g/mol. The lowest BCUT2D eigenvalue weighted by Crippen LogP contribution is -2.34. The third-order valence-electron chi connectivity index (χ3n) is 8.66. The number of ether oxygens (including phenoxy) is 2. The van der Waals surface area contributed by atoms with Crippen molar-refractivity contribution in [3.8, 4) is 0 Å². The Labute approximate surface area is 346 Å². The molecule has 0 aromatic carbocycles. The number of unbranched alkanes of at least 4 members (excludes halogenated alkanes) is 12. The Kier molecular flexibility index (Phi) is 39.2. The highest BCUT2D eigenvalue weighted by Crippen LogP contribution is 2.43.